The largest absolute Gasteiger partial charge is 0.347 e. The molecule has 0 bridgehead atoms. The summed E-state index contributed by atoms with van der Waals surface area (Å²) in [6.07, 6.45) is 3.65. The van der Waals surface area contributed by atoms with Crippen molar-refractivity contribution in [3.63, 3.8) is 0 Å². The Labute approximate surface area is 161 Å². The van der Waals surface area contributed by atoms with Crippen LogP contribution in [0.1, 0.15) is 21.6 Å². The second-order valence-corrected chi connectivity index (χ2v) is 6.53. The monoisotopic (exact) mass is 373 g/mol. The molecule has 140 valence electrons. The molecule has 0 unspecified atom stereocenters. The highest BCUT2D eigenvalue weighted by atomic mass is 16.2. The van der Waals surface area contributed by atoms with E-state index < -0.39 is 0 Å². The first-order chi connectivity index (χ1) is 13.6. The van der Waals surface area contributed by atoms with E-state index >= 15 is 0 Å². The highest BCUT2D eigenvalue weighted by molar-refractivity contribution is 6.04. The summed E-state index contributed by atoms with van der Waals surface area (Å²) in [5, 5.41) is 12.3. The van der Waals surface area contributed by atoms with Crippen LogP contribution in [0.15, 0.2) is 71.8 Å². The van der Waals surface area contributed by atoms with Gasteiger partial charge in [-0.15, -0.1) is 0 Å². The Balaban J connectivity index is 1.53. The molecule has 1 N–H and O–H groups in total. The SMILES string of the molecule is Cn1nc(C(=O)NCc2cccc(Cn3cccn3)c2)c2ccccc2c1=O. The molecule has 0 saturated carbocycles. The summed E-state index contributed by atoms with van der Waals surface area (Å²) in [4.78, 5) is 24.9. The fourth-order valence-corrected chi connectivity index (χ4v) is 3.15. The van der Waals surface area contributed by atoms with Gasteiger partial charge in [-0.2, -0.15) is 10.2 Å². The minimum Gasteiger partial charge on any atom is -0.347 e. The van der Waals surface area contributed by atoms with Crippen molar-refractivity contribution < 1.29 is 4.79 Å². The molecule has 0 atom stereocenters. The van der Waals surface area contributed by atoms with Crippen LogP contribution >= 0.6 is 0 Å². The lowest BCUT2D eigenvalue weighted by Gasteiger charge is -2.10. The van der Waals surface area contributed by atoms with Crippen LogP contribution in [0.25, 0.3) is 10.8 Å². The normalized spacial score (nSPS) is 10.9. The van der Waals surface area contributed by atoms with E-state index in [0.29, 0.717) is 23.9 Å². The molecule has 0 radical (unpaired) electrons. The van der Waals surface area contributed by atoms with E-state index in [2.05, 4.69) is 15.5 Å². The smallest absolute Gasteiger partial charge is 0.274 e. The molecule has 4 rings (SSSR count). The van der Waals surface area contributed by atoms with Crippen molar-refractivity contribution in [3.05, 3.63) is 94.2 Å². The standard InChI is InChI=1S/C21H19N5O2/c1-25-21(28)18-9-3-2-8-17(18)19(24-25)20(27)22-13-15-6-4-7-16(12-15)14-26-11-5-10-23-26/h2-12H,13-14H2,1H3,(H,22,27). The lowest BCUT2D eigenvalue weighted by Crippen LogP contribution is -2.29. The van der Waals surface area contributed by atoms with Crippen molar-refractivity contribution in [3.8, 4) is 0 Å². The van der Waals surface area contributed by atoms with Crippen LogP contribution in [-0.2, 0) is 20.1 Å². The second kappa shape index (κ2) is 7.48. The predicted molar refractivity (Wildman–Crippen MR) is 106 cm³/mol. The Kier molecular flexibility index (Phi) is 4.72. The van der Waals surface area contributed by atoms with Gasteiger partial charge in [0.15, 0.2) is 5.69 Å². The number of aryl methyl sites for hydroxylation is 1. The van der Waals surface area contributed by atoms with Gasteiger partial charge in [0.1, 0.15) is 0 Å². The molecule has 2 aromatic heterocycles. The van der Waals surface area contributed by atoms with Gasteiger partial charge >= 0.3 is 0 Å². The third kappa shape index (κ3) is 3.55. The van der Waals surface area contributed by atoms with E-state index in [1.54, 1.807) is 37.5 Å². The predicted octanol–water partition coefficient (Wildman–Crippen LogP) is 2.11. The number of nitrogens with one attached hydrogen (secondary N) is 1. The van der Waals surface area contributed by atoms with Crippen LogP contribution in [0.5, 0.6) is 0 Å². The quantitative estimate of drug-likeness (QED) is 0.581. The van der Waals surface area contributed by atoms with Crippen LogP contribution in [0.2, 0.25) is 0 Å². The average molecular weight is 373 g/mol. The van der Waals surface area contributed by atoms with Crippen molar-refractivity contribution in [2.75, 3.05) is 0 Å². The van der Waals surface area contributed by atoms with Crippen LogP contribution in [0.4, 0.5) is 0 Å². The molecule has 7 nitrogen and oxygen atoms in total. The lowest BCUT2D eigenvalue weighted by molar-refractivity contribution is 0.0945. The summed E-state index contributed by atoms with van der Waals surface area (Å²) in [5.74, 6) is -0.315. The Morgan fingerprint density at radius 1 is 1.04 bits per heavy atom. The molecule has 7 heteroatoms. The van der Waals surface area contributed by atoms with E-state index in [9.17, 15) is 9.59 Å². The topological polar surface area (TPSA) is 81.8 Å². The molecule has 0 spiro atoms. The van der Waals surface area contributed by atoms with Crippen molar-refractivity contribution in [2.45, 2.75) is 13.1 Å². The van der Waals surface area contributed by atoms with E-state index in [1.165, 1.54) is 4.68 Å². The Hall–Kier alpha value is -3.74. The van der Waals surface area contributed by atoms with Gasteiger partial charge in [0, 0.05) is 31.4 Å². The van der Waals surface area contributed by atoms with E-state index in [0.717, 1.165) is 11.1 Å². The zero-order chi connectivity index (χ0) is 19.5. The van der Waals surface area contributed by atoms with Gasteiger partial charge in [0.25, 0.3) is 11.5 Å². The zero-order valence-corrected chi connectivity index (χ0v) is 15.4. The number of fused-ring (bicyclic) bond motifs is 1. The fraction of sp³-hybridized carbons (Fsp3) is 0.143. The van der Waals surface area contributed by atoms with Gasteiger partial charge in [0.2, 0.25) is 0 Å². The van der Waals surface area contributed by atoms with E-state index in [4.69, 9.17) is 0 Å². The number of carbonyl (C=O) groups excluding carboxylic acids is 1. The third-order valence-electron chi connectivity index (χ3n) is 4.52. The highest BCUT2D eigenvalue weighted by Crippen LogP contribution is 2.13. The van der Waals surface area contributed by atoms with Crippen LogP contribution in [0.3, 0.4) is 0 Å². The minimum atomic E-state index is -0.315. The summed E-state index contributed by atoms with van der Waals surface area (Å²) in [5.41, 5.74) is 2.09. The minimum absolute atomic E-state index is 0.224. The van der Waals surface area contributed by atoms with E-state index in [1.807, 2.05) is 41.2 Å². The Morgan fingerprint density at radius 3 is 2.61 bits per heavy atom. The number of rotatable bonds is 5. The molecule has 0 aliphatic rings. The number of nitrogens with zero attached hydrogens (tertiary/aromatic N) is 4. The molecular weight excluding hydrogens is 354 g/mol. The Bertz CT molecular complexity index is 1200. The Morgan fingerprint density at radius 2 is 1.82 bits per heavy atom. The summed E-state index contributed by atoms with van der Waals surface area (Å²) in [6, 6.07) is 16.9. The number of aromatic nitrogens is 4. The molecule has 2 heterocycles. The van der Waals surface area contributed by atoms with Crippen molar-refractivity contribution in [1.29, 1.82) is 0 Å². The molecule has 2 aromatic carbocycles. The average Bonchev–Trinajstić information content (AvgIpc) is 3.22. The van der Waals surface area contributed by atoms with Crippen molar-refractivity contribution in [1.82, 2.24) is 24.9 Å². The lowest BCUT2D eigenvalue weighted by atomic mass is 10.1. The summed E-state index contributed by atoms with van der Waals surface area (Å²) >= 11 is 0. The molecule has 0 saturated heterocycles. The number of benzene rings is 2. The first kappa shape index (κ1) is 17.7. The van der Waals surface area contributed by atoms with Crippen molar-refractivity contribution >= 4 is 16.7 Å². The van der Waals surface area contributed by atoms with Gasteiger partial charge in [-0.1, -0.05) is 42.5 Å². The molecule has 0 fully saturated rings. The molecule has 0 aliphatic heterocycles. The summed E-state index contributed by atoms with van der Waals surface area (Å²) in [6.45, 7) is 1.03. The summed E-state index contributed by atoms with van der Waals surface area (Å²) in [7, 11) is 1.55. The first-order valence-electron chi connectivity index (χ1n) is 8.91. The van der Waals surface area contributed by atoms with E-state index in [-0.39, 0.29) is 17.2 Å². The highest BCUT2D eigenvalue weighted by Gasteiger charge is 2.15. The maximum atomic E-state index is 12.7. The maximum absolute atomic E-state index is 12.7. The molecule has 28 heavy (non-hydrogen) atoms. The van der Waals surface area contributed by atoms with Crippen LogP contribution in [0, 0.1) is 0 Å². The van der Waals surface area contributed by atoms with Gasteiger partial charge in [-0.25, -0.2) is 4.68 Å². The molecular formula is C21H19N5O2. The van der Waals surface area contributed by atoms with Gasteiger partial charge < -0.3 is 5.32 Å². The van der Waals surface area contributed by atoms with Crippen LogP contribution in [-0.4, -0.2) is 25.5 Å². The fourth-order valence-electron chi connectivity index (χ4n) is 3.15. The van der Waals surface area contributed by atoms with Crippen LogP contribution < -0.4 is 10.9 Å². The summed E-state index contributed by atoms with van der Waals surface area (Å²) < 4.78 is 3.04. The van der Waals surface area contributed by atoms with Gasteiger partial charge in [-0.05, 0) is 23.3 Å². The zero-order valence-electron chi connectivity index (χ0n) is 15.4. The number of amides is 1. The van der Waals surface area contributed by atoms with Gasteiger partial charge in [0.05, 0.1) is 11.9 Å². The maximum Gasteiger partial charge on any atom is 0.274 e. The number of hydrogen-bond donors (Lipinski definition) is 1. The first-order valence-corrected chi connectivity index (χ1v) is 8.91. The second-order valence-electron chi connectivity index (χ2n) is 6.53. The number of hydrogen-bond acceptors (Lipinski definition) is 4. The molecule has 1 amide bonds. The molecule has 4 aromatic rings. The third-order valence-corrected chi connectivity index (χ3v) is 4.52. The van der Waals surface area contributed by atoms with Crippen molar-refractivity contribution in [2.24, 2.45) is 7.05 Å². The van der Waals surface area contributed by atoms with Gasteiger partial charge in [-0.3, -0.25) is 14.3 Å². The molecule has 0 aliphatic carbocycles. The number of carbonyl (C=O) groups is 1.